The Bertz CT molecular complexity index is 637. The summed E-state index contributed by atoms with van der Waals surface area (Å²) in [5, 5.41) is 3.02. The van der Waals surface area contributed by atoms with Crippen LogP contribution in [0.2, 0.25) is 0 Å². The number of carbonyl (C=O) groups is 1. The molecule has 4 heteroatoms. The van der Waals surface area contributed by atoms with Crippen molar-refractivity contribution in [3.8, 4) is 5.75 Å². The lowest BCUT2D eigenvalue weighted by Gasteiger charge is -2.36. The number of rotatable bonds is 2. The van der Waals surface area contributed by atoms with Crippen LogP contribution in [0.15, 0.2) is 48.5 Å². The molecule has 0 bridgehead atoms. The number of hydrogen-bond donors (Lipinski definition) is 1. The summed E-state index contributed by atoms with van der Waals surface area (Å²) in [6, 6.07) is 15.4. The Kier molecular flexibility index (Phi) is 3.06. The van der Waals surface area contributed by atoms with Crippen molar-refractivity contribution in [3.05, 3.63) is 59.7 Å². The van der Waals surface area contributed by atoms with Crippen LogP contribution in [0.3, 0.4) is 0 Å². The lowest BCUT2D eigenvalue weighted by molar-refractivity contribution is 0.0928. The van der Waals surface area contributed by atoms with Crippen molar-refractivity contribution < 1.29 is 9.53 Å². The first kappa shape index (κ1) is 12.5. The second-order valence-electron chi connectivity index (χ2n) is 4.78. The zero-order valence-corrected chi connectivity index (χ0v) is 11.5. The maximum Gasteiger partial charge on any atom is 0.255 e. The molecule has 2 aromatic rings. The van der Waals surface area contributed by atoms with Crippen LogP contribution < -0.4 is 15.0 Å². The highest BCUT2D eigenvalue weighted by Gasteiger charge is 2.28. The topological polar surface area (TPSA) is 41.6 Å². The van der Waals surface area contributed by atoms with Gasteiger partial charge in [0.05, 0.1) is 18.4 Å². The van der Waals surface area contributed by atoms with Crippen LogP contribution in [-0.4, -0.2) is 20.1 Å². The van der Waals surface area contributed by atoms with Gasteiger partial charge in [-0.05, 0) is 29.8 Å². The smallest absolute Gasteiger partial charge is 0.255 e. The molecule has 1 amide bonds. The molecule has 0 unspecified atom stereocenters. The van der Waals surface area contributed by atoms with Gasteiger partial charge >= 0.3 is 0 Å². The van der Waals surface area contributed by atoms with E-state index in [0.717, 1.165) is 17.0 Å². The van der Waals surface area contributed by atoms with Gasteiger partial charge in [-0.2, -0.15) is 0 Å². The van der Waals surface area contributed by atoms with Gasteiger partial charge in [-0.1, -0.05) is 24.3 Å². The Labute approximate surface area is 118 Å². The van der Waals surface area contributed by atoms with E-state index < -0.39 is 0 Å². The zero-order valence-electron chi connectivity index (χ0n) is 11.5. The summed E-state index contributed by atoms with van der Waals surface area (Å²) in [6.07, 6.45) is -0.164. The van der Waals surface area contributed by atoms with Gasteiger partial charge in [0.25, 0.3) is 5.91 Å². The van der Waals surface area contributed by atoms with Crippen LogP contribution in [0.4, 0.5) is 5.69 Å². The highest BCUT2D eigenvalue weighted by molar-refractivity contribution is 6.01. The largest absolute Gasteiger partial charge is 0.497 e. The van der Waals surface area contributed by atoms with E-state index in [4.69, 9.17) is 4.74 Å². The number of para-hydroxylation sites is 1. The van der Waals surface area contributed by atoms with E-state index in [1.165, 1.54) is 0 Å². The number of fused-ring (bicyclic) bond motifs is 1. The molecule has 0 aliphatic carbocycles. The maximum absolute atomic E-state index is 12.2. The monoisotopic (exact) mass is 268 g/mol. The number of methoxy groups -OCH3 is 1. The highest BCUT2D eigenvalue weighted by atomic mass is 16.5. The predicted octanol–water partition coefficient (Wildman–Crippen LogP) is 2.57. The Balaban J connectivity index is 1.97. The summed E-state index contributed by atoms with van der Waals surface area (Å²) in [5.41, 5.74) is 2.67. The predicted molar refractivity (Wildman–Crippen MR) is 78.0 cm³/mol. The molecule has 0 fully saturated rings. The summed E-state index contributed by atoms with van der Waals surface area (Å²) in [6.45, 7) is 0. The van der Waals surface area contributed by atoms with Gasteiger partial charge < -0.3 is 15.0 Å². The third kappa shape index (κ3) is 1.99. The van der Waals surface area contributed by atoms with Gasteiger partial charge in [-0.15, -0.1) is 0 Å². The minimum Gasteiger partial charge on any atom is -0.497 e. The summed E-state index contributed by atoms with van der Waals surface area (Å²) in [4.78, 5) is 14.2. The number of nitrogens with zero attached hydrogens (tertiary/aromatic N) is 1. The molecule has 1 atom stereocenters. The minimum atomic E-state index is -0.164. The molecule has 102 valence electrons. The molecule has 3 rings (SSSR count). The molecular weight excluding hydrogens is 252 g/mol. The summed E-state index contributed by atoms with van der Waals surface area (Å²) < 4.78 is 5.16. The molecule has 0 saturated carbocycles. The van der Waals surface area contributed by atoms with Gasteiger partial charge in [0, 0.05) is 7.05 Å². The quantitative estimate of drug-likeness (QED) is 0.910. The van der Waals surface area contributed by atoms with Crippen molar-refractivity contribution in [2.24, 2.45) is 0 Å². The summed E-state index contributed by atoms with van der Waals surface area (Å²) >= 11 is 0. The Hall–Kier alpha value is -2.49. The van der Waals surface area contributed by atoms with Gasteiger partial charge in [-0.25, -0.2) is 0 Å². The standard InChI is InChI=1S/C16H16N2O2/c1-18-14-6-4-3-5-13(14)16(19)17-15(18)11-7-9-12(20-2)10-8-11/h3-10,15H,1-2H3,(H,17,19)/t15-/m0/s1. The normalized spacial score (nSPS) is 17.4. The molecule has 1 heterocycles. The van der Waals surface area contributed by atoms with E-state index in [-0.39, 0.29) is 12.1 Å². The lowest BCUT2D eigenvalue weighted by Crippen LogP contribution is -2.44. The number of carbonyl (C=O) groups excluding carboxylic acids is 1. The van der Waals surface area contributed by atoms with Crippen LogP contribution in [0.1, 0.15) is 22.1 Å². The third-order valence-electron chi connectivity index (χ3n) is 3.62. The number of hydrogen-bond acceptors (Lipinski definition) is 3. The first-order valence-electron chi connectivity index (χ1n) is 6.47. The van der Waals surface area contributed by atoms with Crippen LogP contribution in [0.5, 0.6) is 5.75 Å². The molecule has 2 aromatic carbocycles. The fourth-order valence-electron chi connectivity index (χ4n) is 2.50. The number of benzene rings is 2. The molecule has 4 nitrogen and oxygen atoms in total. The van der Waals surface area contributed by atoms with Crippen molar-refractivity contribution in [2.45, 2.75) is 6.17 Å². The van der Waals surface area contributed by atoms with Crippen molar-refractivity contribution in [1.82, 2.24) is 5.32 Å². The number of nitrogens with one attached hydrogen (secondary N) is 1. The van der Waals surface area contributed by atoms with Crippen LogP contribution >= 0.6 is 0 Å². The van der Waals surface area contributed by atoms with Gasteiger partial charge in [-0.3, -0.25) is 4.79 Å². The first-order valence-corrected chi connectivity index (χ1v) is 6.47. The molecule has 0 aromatic heterocycles. The Morgan fingerprint density at radius 1 is 1.10 bits per heavy atom. The zero-order chi connectivity index (χ0) is 14.1. The molecule has 20 heavy (non-hydrogen) atoms. The van der Waals surface area contributed by atoms with E-state index in [9.17, 15) is 4.79 Å². The van der Waals surface area contributed by atoms with Gasteiger partial charge in [0.2, 0.25) is 0 Å². The molecule has 1 aliphatic rings. The highest BCUT2D eigenvalue weighted by Crippen LogP contribution is 2.31. The second kappa shape index (κ2) is 4.89. The van der Waals surface area contributed by atoms with E-state index in [0.29, 0.717) is 5.56 Å². The Morgan fingerprint density at radius 3 is 2.50 bits per heavy atom. The van der Waals surface area contributed by atoms with E-state index >= 15 is 0 Å². The SMILES string of the molecule is COc1ccc([C@H]2NC(=O)c3ccccc3N2C)cc1. The van der Waals surface area contributed by atoms with E-state index in [2.05, 4.69) is 10.2 Å². The van der Waals surface area contributed by atoms with E-state index in [1.807, 2.05) is 55.6 Å². The van der Waals surface area contributed by atoms with Crippen LogP contribution in [0, 0.1) is 0 Å². The van der Waals surface area contributed by atoms with E-state index in [1.54, 1.807) is 7.11 Å². The molecular formula is C16H16N2O2. The van der Waals surface area contributed by atoms with Crippen molar-refractivity contribution in [2.75, 3.05) is 19.1 Å². The van der Waals surface area contributed by atoms with Crippen molar-refractivity contribution >= 4 is 11.6 Å². The first-order chi connectivity index (χ1) is 9.70. The number of ether oxygens (including phenoxy) is 1. The molecule has 1 N–H and O–H groups in total. The maximum atomic E-state index is 12.2. The van der Waals surface area contributed by atoms with Crippen LogP contribution in [-0.2, 0) is 0 Å². The summed E-state index contributed by atoms with van der Waals surface area (Å²) in [5.74, 6) is 0.762. The fourth-order valence-corrected chi connectivity index (χ4v) is 2.50. The molecule has 1 aliphatic heterocycles. The Morgan fingerprint density at radius 2 is 1.80 bits per heavy atom. The molecule has 0 radical (unpaired) electrons. The minimum absolute atomic E-state index is 0.0421. The fraction of sp³-hybridized carbons (Fsp3) is 0.188. The number of anilines is 1. The van der Waals surface area contributed by atoms with Crippen molar-refractivity contribution in [1.29, 1.82) is 0 Å². The molecule has 0 saturated heterocycles. The number of amides is 1. The average molecular weight is 268 g/mol. The van der Waals surface area contributed by atoms with Crippen LogP contribution in [0.25, 0.3) is 0 Å². The van der Waals surface area contributed by atoms with Gasteiger partial charge in [0.1, 0.15) is 11.9 Å². The average Bonchev–Trinajstić information content (AvgIpc) is 2.51. The third-order valence-corrected chi connectivity index (χ3v) is 3.62. The van der Waals surface area contributed by atoms with Crippen molar-refractivity contribution in [3.63, 3.8) is 0 Å². The second-order valence-corrected chi connectivity index (χ2v) is 4.78. The lowest BCUT2D eigenvalue weighted by atomic mass is 10.0. The summed E-state index contributed by atoms with van der Waals surface area (Å²) in [7, 11) is 3.62. The molecule has 0 spiro atoms. The van der Waals surface area contributed by atoms with Gasteiger partial charge in [0.15, 0.2) is 0 Å².